The molecule has 2 N–H and O–H groups in total. The van der Waals surface area contributed by atoms with Crippen LogP contribution in [-0.4, -0.2) is 23.2 Å². The third-order valence-electron chi connectivity index (χ3n) is 4.02. The molecule has 3 heteroatoms. The van der Waals surface area contributed by atoms with E-state index in [9.17, 15) is 9.90 Å². The van der Waals surface area contributed by atoms with E-state index < -0.39 is 0 Å². The first-order valence-corrected chi connectivity index (χ1v) is 7.21. The number of carbonyl (C=O) groups excluding carboxylic acids is 1. The molecule has 2 aromatic rings. The fraction of sp³-hybridized carbons (Fsp3) is 0.353. The number of aliphatic hydroxyl groups is 1. The van der Waals surface area contributed by atoms with Gasteiger partial charge >= 0.3 is 0 Å². The van der Waals surface area contributed by atoms with E-state index in [0.29, 0.717) is 12.0 Å². The molecule has 0 saturated heterocycles. The van der Waals surface area contributed by atoms with Gasteiger partial charge in [-0.15, -0.1) is 0 Å². The van der Waals surface area contributed by atoms with Crippen molar-refractivity contribution in [3.05, 3.63) is 48.0 Å². The van der Waals surface area contributed by atoms with E-state index in [1.54, 1.807) is 0 Å². The Labute approximate surface area is 118 Å². The number of hydrogen-bond acceptors (Lipinski definition) is 2. The number of hydrogen-bond donors (Lipinski definition) is 2. The van der Waals surface area contributed by atoms with Crippen molar-refractivity contribution in [1.29, 1.82) is 0 Å². The molecule has 0 radical (unpaired) electrons. The zero-order chi connectivity index (χ0) is 13.9. The van der Waals surface area contributed by atoms with Gasteiger partial charge in [0.1, 0.15) is 0 Å². The number of carbonyl (C=O) groups is 1. The average Bonchev–Trinajstić information content (AvgIpc) is 2.46. The first kappa shape index (κ1) is 13.1. The molecular weight excluding hydrogens is 250 g/mol. The molecule has 0 unspecified atom stereocenters. The highest BCUT2D eigenvalue weighted by Crippen LogP contribution is 2.21. The first-order valence-electron chi connectivity index (χ1n) is 7.21. The highest BCUT2D eigenvalue weighted by molar-refractivity contribution is 6.07. The number of benzene rings is 2. The molecular formula is C17H19NO2. The molecule has 1 aliphatic carbocycles. The van der Waals surface area contributed by atoms with E-state index in [1.807, 2.05) is 42.5 Å². The molecule has 1 amide bonds. The van der Waals surface area contributed by atoms with Crippen molar-refractivity contribution in [2.24, 2.45) is 0 Å². The predicted octanol–water partition coefficient (Wildman–Crippen LogP) is 2.87. The normalized spacial score (nSPS) is 22.6. The van der Waals surface area contributed by atoms with Crippen molar-refractivity contribution in [2.75, 3.05) is 0 Å². The lowest BCUT2D eigenvalue weighted by Gasteiger charge is -2.26. The lowest BCUT2D eigenvalue weighted by atomic mass is 9.92. The Kier molecular flexibility index (Phi) is 3.70. The highest BCUT2D eigenvalue weighted by Gasteiger charge is 2.22. The Morgan fingerprint density at radius 2 is 1.90 bits per heavy atom. The number of nitrogens with one attached hydrogen (secondary N) is 1. The maximum atomic E-state index is 12.4. The molecule has 2 atom stereocenters. The second-order valence-electron chi connectivity index (χ2n) is 5.52. The van der Waals surface area contributed by atoms with Gasteiger partial charge in [-0.1, -0.05) is 36.4 Å². The van der Waals surface area contributed by atoms with Crippen molar-refractivity contribution in [2.45, 2.75) is 37.8 Å². The fourth-order valence-corrected chi connectivity index (χ4v) is 2.98. The molecule has 3 rings (SSSR count). The van der Waals surface area contributed by atoms with Gasteiger partial charge in [-0.3, -0.25) is 4.79 Å². The average molecular weight is 269 g/mol. The molecule has 1 aliphatic rings. The summed E-state index contributed by atoms with van der Waals surface area (Å²) >= 11 is 0. The molecule has 3 nitrogen and oxygen atoms in total. The summed E-state index contributed by atoms with van der Waals surface area (Å²) in [6.07, 6.45) is 3.16. The minimum Gasteiger partial charge on any atom is -0.393 e. The van der Waals surface area contributed by atoms with Gasteiger partial charge in [0, 0.05) is 11.6 Å². The van der Waals surface area contributed by atoms with Gasteiger partial charge in [0.05, 0.1) is 6.10 Å². The molecule has 104 valence electrons. The summed E-state index contributed by atoms with van der Waals surface area (Å²) in [7, 11) is 0. The first-order chi connectivity index (χ1) is 9.74. The Hall–Kier alpha value is -1.87. The van der Waals surface area contributed by atoms with Crippen molar-refractivity contribution < 1.29 is 9.90 Å². The molecule has 0 aliphatic heterocycles. The van der Waals surface area contributed by atoms with Gasteiger partial charge in [0.15, 0.2) is 0 Å². The van der Waals surface area contributed by atoms with Gasteiger partial charge < -0.3 is 10.4 Å². The summed E-state index contributed by atoms with van der Waals surface area (Å²) in [5.41, 5.74) is 0.711. The summed E-state index contributed by atoms with van der Waals surface area (Å²) in [5.74, 6) is -0.0408. The third-order valence-corrected chi connectivity index (χ3v) is 4.02. The van der Waals surface area contributed by atoms with Crippen LogP contribution in [0.2, 0.25) is 0 Å². The van der Waals surface area contributed by atoms with Crippen molar-refractivity contribution in [3.8, 4) is 0 Å². The Balaban J connectivity index is 1.82. The van der Waals surface area contributed by atoms with Crippen LogP contribution < -0.4 is 5.32 Å². The van der Waals surface area contributed by atoms with E-state index >= 15 is 0 Å². The van der Waals surface area contributed by atoms with Crippen LogP contribution in [0.1, 0.15) is 36.0 Å². The standard InChI is InChI=1S/C17H19NO2/c19-14-8-4-7-13(11-14)18-17(20)16-10-3-6-12-5-1-2-9-15(12)16/h1-3,5-6,9-10,13-14,19H,4,7-8,11H2,(H,18,20)/t13-,14+/m0/s1. The Morgan fingerprint density at radius 3 is 2.75 bits per heavy atom. The summed E-state index contributed by atoms with van der Waals surface area (Å²) in [6, 6.07) is 13.8. The zero-order valence-electron chi connectivity index (χ0n) is 11.4. The molecule has 0 heterocycles. The van der Waals surface area contributed by atoms with Gasteiger partial charge in [0.2, 0.25) is 0 Å². The maximum Gasteiger partial charge on any atom is 0.252 e. The smallest absolute Gasteiger partial charge is 0.252 e. The second kappa shape index (κ2) is 5.63. The molecule has 1 fully saturated rings. The van der Waals surface area contributed by atoms with Crippen LogP contribution in [0.3, 0.4) is 0 Å². The van der Waals surface area contributed by atoms with Crippen LogP contribution in [-0.2, 0) is 0 Å². The summed E-state index contributed by atoms with van der Waals surface area (Å²) in [5, 5.41) is 14.8. The fourth-order valence-electron chi connectivity index (χ4n) is 2.98. The van der Waals surface area contributed by atoms with E-state index in [0.717, 1.165) is 30.0 Å². The van der Waals surface area contributed by atoms with Gasteiger partial charge in [-0.2, -0.15) is 0 Å². The number of amides is 1. The van der Waals surface area contributed by atoms with E-state index in [1.165, 1.54) is 0 Å². The molecule has 0 aromatic heterocycles. The SMILES string of the molecule is O=C(N[C@H]1CCC[C@@H](O)C1)c1cccc2ccccc12. The van der Waals surface area contributed by atoms with Crippen LogP contribution in [0.15, 0.2) is 42.5 Å². The molecule has 2 aromatic carbocycles. The summed E-state index contributed by atoms with van der Waals surface area (Å²) < 4.78 is 0. The van der Waals surface area contributed by atoms with Gasteiger partial charge in [-0.05, 0) is 42.5 Å². The van der Waals surface area contributed by atoms with Gasteiger partial charge in [-0.25, -0.2) is 0 Å². The topological polar surface area (TPSA) is 49.3 Å². The van der Waals surface area contributed by atoms with Crippen LogP contribution in [0.4, 0.5) is 0 Å². The number of fused-ring (bicyclic) bond motifs is 1. The van der Waals surface area contributed by atoms with Crippen LogP contribution >= 0.6 is 0 Å². The van der Waals surface area contributed by atoms with Crippen LogP contribution in [0.25, 0.3) is 10.8 Å². The minimum atomic E-state index is -0.276. The lowest BCUT2D eigenvalue weighted by Crippen LogP contribution is -2.39. The molecule has 20 heavy (non-hydrogen) atoms. The molecule has 0 spiro atoms. The molecule has 0 bridgehead atoms. The predicted molar refractivity (Wildman–Crippen MR) is 79.7 cm³/mol. The zero-order valence-corrected chi connectivity index (χ0v) is 11.4. The number of aliphatic hydroxyl groups excluding tert-OH is 1. The summed E-state index contributed by atoms with van der Waals surface area (Å²) in [6.45, 7) is 0. The van der Waals surface area contributed by atoms with E-state index in [4.69, 9.17) is 0 Å². The van der Waals surface area contributed by atoms with E-state index in [2.05, 4.69) is 5.32 Å². The van der Waals surface area contributed by atoms with Crippen molar-refractivity contribution in [3.63, 3.8) is 0 Å². The quantitative estimate of drug-likeness (QED) is 0.880. The third kappa shape index (κ3) is 2.68. The van der Waals surface area contributed by atoms with E-state index in [-0.39, 0.29) is 18.1 Å². The van der Waals surface area contributed by atoms with Crippen LogP contribution in [0, 0.1) is 0 Å². The lowest BCUT2D eigenvalue weighted by molar-refractivity contribution is 0.0851. The minimum absolute atomic E-state index is 0.0408. The summed E-state index contributed by atoms with van der Waals surface area (Å²) in [4.78, 5) is 12.4. The van der Waals surface area contributed by atoms with Crippen molar-refractivity contribution >= 4 is 16.7 Å². The Bertz CT molecular complexity index is 618. The second-order valence-corrected chi connectivity index (χ2v) is 5.52. The highest BCUT2D eigenvalue weighted by atomic mass is 16.3. The Morgan fingerprint density at radius 1 is 1.10 bits per heavy atom. The molecule has 1 saturated carbocycles. The van der Waals surface area contributed by atoms with Gasteiger partial charge in [0.25, 0.3) is 5.91 Å². The number of rotatable bonds is 2. The monoisotopic (exact) mass is 269 g/mol. The van der Waals surface area contributed by atoms with Crippen LogP contribution in [0.5, 0.6) is 0 Å². The maximum absolute atomic E-state index is 12.4. The largest absolute Gasteiger partial charge is 0.393 e. The van der Waals surface area contributed by atoms with Crippen molar-refractivity contribution in [1.82, 2.24) is 5.32 Å².